The van der Waals surface area contributed by atoms with Crippen molar-refractivity contribution in [3.63, 3.8) is 0 Å². The summed E-state index contributed by atoms with van der Waals surface area (Å²) in [5.74, 6) is -5.43. The second kappa shape index (κ2) is 12.0. The number of halogens is 2. The maximum absolute atomic E-state index is 14.1. The fraction of sp³-hybridized carbons (Fsp3) is 0.345. The number of carboxylic acid groups (broad SMARTS) is 1. The predicted octanol–water partition coefficient (Wildman–Crippen LogP) is 4.07. The van der Waals surface area contributed by atoms with Gasteiger partial charge in [-0.1, -0.05) is 19.3 Å². The number of aromatic carboxylic acids is 1. The fourth-order valence-electron chi connectivity index (χ4n) is 5.39. The number of sulfonamides is 1. The molecule has 0 unspecified atom stereocenters. The first kappa shape index (κ1) is 30.0. The number of carbonyl (C=O) groups is 2. The van der Waals surface area contributed by atoms with Crippen molar-refractivity contribution in [1.29, 1.82) is 5.26 Å². The molecule has 11 nitrogen and oxygen atoms in total. The number of aromatic nitrogens is 2. The summed E-state index contributed by atoms with van der Waals surface area (Å²) in [7, 11) is -4.53. The molecule has 1 aliphatic carbocycles. The number of phenols is 1. The number of amides is 1. The van der Waals surface area contributed by atoms with E-state index in [9.17, 15) is 37.0 Å². The van der Waals surface area contributed by atoms with Gasteiger partial charge in [-0.05, 0) is 43.5 Å². The minimum atomic E-state index is -4.53. The number of carboxylic acids is 1. The van der Waals surface area contributed by atoms with Gasteiger partial charge in [-0.15, -0.1) is 0 Å². The minimum absolute atomic E-state index is 0.0782. The Morgan fingerprint density at radius 2 is 1.81 bits per heavy atom. The van der Waals surface area contributed by atoms with Gasteiger partial charge in [0.2, 0.25) is 15.9 Å². The van der Waals surface area contributed by atoms with E-state index in [0.717, 1.165) is 52.7 Å². The molecule has 1 aromatic heterocycles. The quantitative estimate of drug-likeness (QED) is 0.382. The van der Waals surface area contributed by atoms with E-state index in [1.165, 1.54) is 24.8 Å². The number of carbonyl (C=O) groups excluding carboxylic acids is 1. The van der Waals surface area contributed by atoms with Crippen LogP contribution in [0, 0.1) is 23.0 Å². The molecule has 5 rings (SSSR count). The molecule has 2 aliphatic rings. The summed E-state index contributed by atoms with van der Waals surface area (Å²) in [5.41, 5.74) is 0.0848. The summed E-state index contributed by atoms with van der Waals surface area (Å²) >= 11 is 0. The zero-order valence-electron chi connectivity index (χ0n) is 22.8. The summed E-state index contributed by atoms with van der Waals surface area (Å²) < 4.78 is 55.5. The summed E-state index contributed by atoms with van der Waals surface area (Å²) in [6.45, 7) is -0.288. The van der Waals surface area contributed by atoms with Gasteiger partial charge in [0.05, 0.1) is 34.6 Å². The molecule has 2 heterocycles. The first-order chi connectivity index (χ1) is 20.5. The number of rotatable bonds is 8. The third-order valence-corrected chi connectivity index (χ3v) is 9.73. The number of hydrogen-bond acceptors (Lipinski definition) is 8. The van der Waals surface area contributed by atoms with Gasteiger partial charge < -0.3 is 15.1 Å². The van der Waals surface area contributed by atoms with Crippen molar-refractivity contribution in [2.24, 2.45) is 0 Å². The lowest BCUT2D eigenvalue weighted by Gasteiger charge is -2.41. The van der Waals surface area contributed by atoms with Crippen LogP contribution in [0.25, 0.3) is 0 Å². The average Bonchev–Trinajstić information content (AvgIpc) is 2.96. The van der Waals surface area contributed by atoms with Crippen molar-refractivity contribution >= 4 is 27.6 Å². The van der Waals surface area contributed by atoms with Crippen LogP contribution in [0.3, 0.4) is 0 Å². The van der Waals surface area contributed by atoms with Crippen LogP contribution in [0.5, 0.6) is 5.75 Å². The SMILES string of the molecule is N#Cc1cc(S(=O)(=O)N2CC[C@@H]2C(=O)N(Cc2cnc(C3CCCCC3)cn2)c2ccc(C(=O)O)c(O)c2)cc(F)c1F. The molecule has 14 heteroatoms. The number of aromatic hydroxyl groups is 1. The van der Waals surface area contributed by atoms with Crippen LogP contribution < -0.4 is 4.90 Å². The second-order valence-electron chi connectivity index (χ2n) is 10.5. The molecule has 0 bridgehead atoms. The average molecular weight is 612 g/mol. The van der Waals surface area contributed by atoms with Crippen LogP contribution >= 0.6 is 0 Å². The molecule has 3 aromatic rings. The molecule has 2 fully saturated rings. The molecule has 0 spiro atoms. The maximum atomic E-state index is 14.1. The number of anilines is 1. The van der Waals surface area contributed by atoms with Gasteiger partial charge >= 0.3 is 5.97 Å². The van der Waals surface area contributed by atoms with Gasteiger partial charge in [0.15, 0.2) is 11.6 Å². The Balaban J connectivity index is 1.46. The topological polar surface area (TPSA) is 165 Å². The number of benzene rings is 2. The number of nitriles is 1. The molecular formula is C29H27F2N5O6S. The summed E-state index contributed by atoms with van der Waals surface area (Å²) in [6.07, 6.45) is 8.67. The van der Waals surface area contributed by atoms with Crippen molar-refractivity contribution in [2.45, 2.75) is 61.9 Å². The highest BCUT2D eigenvalue weighted by atomic mass is 32.2. The molecule has 1 atom stereocenters. The monoisotopic (exact) mass is 611 g/mol. The lowest BCUT2D eigenvalue weighted by atomic mass is 9.87. The van der Waals surface area contributed by atoms with Crippen LogP contribution in [0.4, 0.5) is 14.5 Å². The standard InChI is InChI=1S/C29H27F2N5O6S/c30-23-12-21(10-18(13-32)27(23)31)43(41,42)36-9-8-25(36)28(38)35(20-6-7-22(29(39)40)26(37)11-20)16-19-14-34-24(15-33-19)17-4-2-1-3-5-17/h6-7,10-12,14-15,17,25,37H,1-5,8-9,16H2,(H,39,40)/t25-/m1/s1. The summed E-state index contributed by atoms with van der Waals surface area (Å²) in [5, 5.41) is 28.7. The van der Waals surface area contributed by atoms with Crippen molar-refractivity contribution in [3.8, 4) is 11.8 Å². The third kappa shape index (κ3) is 5.91. The molecule has 2 N–H and O–H groups in total. The highest BCUT2D eigenvalue weighted by Gasteiger charge is 2.45. The Labute approximate surface area is 246 Å². The van der Waals surface area contributed by atoms with Gasteiger partial charge in [-0.3, -0.25) is 14.8 Å². The van der Waals surface area contributed by atoms with E-state index in [-0.39, 0.29) is 25.2 Å². The van der Waals surface area contributed by atoms with Gasteiger partial charge in [-0.2, -0.15) is 9.57 Å². The summed E-state index contributed by atoms with van der Waals surface area (Å²) in [4.78, 5) is 34.8. The van der Waals surface area contributed by atoms with Crippen LogP contribution in [-0.4, -0.2) is 57.4 Å². The van der Waals surface area contributed by atoms with Gasteiger partial charge in [-0.25, -0.2) is 22.0 Å². The van der Waals surface area contributed by atoms with E-state index in [1.807, 2.05) is 0 Å². The summed E-state index contributed by atoms with van der Waals surface area (Å²) in [6, 6.07) is 4.81. The van der Waals surface area contributed by atoms with Crippen LogP contribution in [0.2, 0.25) is 0 Å². The van der Waals surface area contributed by atoms with Crippen LogP contribution in [0.1, 0.15) is 71.8 Å². The van der Waals surface area contributed by atoms with Gasteiger partial charge in [0.25, 0.3) is 0 Å². The van der Waals surface area contributed by atoms with Crippen molar-refractivity contribution in [1.82, 2.24) is 14.3 Å². The molecule has 1 saturated carbocycles. The Kier molecular flexibility index (Phi) is 8.38. The smallest absolute Gasteiger partial charge is 0.339 e. The van der Waals surface area contributed by atoms with E-state index >= 15 is 0 Å². The van der Waals surface area contributed by atoms with E-state index in [1.54, 1.807) is 6.20 Å². The highest BCUT2D eigenvalue weighted by Crippen LogP contribution is 2.34. The van der Waals surface area contributed by atoms with E-state index in [4.69, 9.17) is 5.26 Å². The molecule has 2 aromatic carbocycles. The molecular weight excluding hydrogens is 584 g/mol. The lowest BCUT2D eigenvalue weighted by molar-refractivity contribution is -0.125. The molecule has 1 aliphatic heterocycles. The zero-order valence-corrected chi connectivity index (χ0v) is 23.6. The number of nitrogens with zero attached hydrogens (tertiary/aromatic N) is 5. The fourth-order valence-corrected chi connectivity index (χ4v) is 7.06. The molecule has 1 amide bonds. The van der Waals surface area contributed by atoms with Crippen molar-refractivity contribution in [2.75, 3.05) is 11.4 Å². The largest absolute Gasteiger partial charge is 0.507 e. The third-order valence-electron chi connectivity index (χ3n) is 7.84. The normalized spacial score (nSPS) is 17.6. The van der Waals surface area contributed by atoms with E-state index in [2.05, 4.69) is 9.97 Å². The molecule has 43 heavy (non-hydrogen) atoms. The Morgan fingerprint density at radius 1 is 1.07 bits per heavy atom. The van der Waals surface area contributed by atoms with Gasteiger partial charge in [0, 0.05) is 30.4 Å². The second-order valence-corrected chi connectivity index (χ2v) is 12.4. The Morgan fingerprint density at radius 3 is 2.40 bits per heavy atom. The molecule has 0 radical (unpaired) electrons. The number of hydrogen-bond donors (Lipinski definition) is 2. The predicted molar refractivity (Wildman–Crippen MR) is 147 cm³/mol. The first-order valence-electron chi connectivity index (χ1n) is 13.6. The van der Waals surface area contributed by atoms with Crippen LogP contribution in [-0.2, 0) is 21.4 Å². The maximum Gasteiger partial charge on any atom is 0.339 e. The minimum Gasteiger partial charge on any atom is -0.507 e. The van der Waals surface area contributed by atoms with Gasteiger partial charge in [0.1, 0.15) is 23.4 Å². The van der Waals surface area contributed by atoms with E-state index in [0.29, 0.717) is 23.7 Å². The highest BCUT2D eigenvalue weighted by molar-refractivity contribution is 7.89. The Hall–Kier alpha value is -4.48. The van der Waals surface area contributed by atoms with Crippen LogP contribution in [0.15, 0.2) is 47.6 Å². The van der Waals surface area contributed by atoms with Crippen molar-refractivity contribution in [3.05, 3.63) is 76.9 Å². The lowest BCUT2D eigenvalue weighted by Crippen LogP contribution is -2.59. The zero-order chi connectivity index (χ0) is 30.9. The Bertz CT molecular complexity index is 1720. The molecule has 1 saturated heterocycles. The van der Waals surface area contributed by atoms with E-state index < -0.39 is 61.3 Å². The van der Waals surface area contributed by atoms with Crippen molar-refractivity contribution < 1.29 is 37.0 Å². The first-order valence-corrected chi connectivity index (χ1v) is 15.0. The molecule has 224 valence electrons.